The van der Waals surface area contributed by atoms with Gasteiger partial charge in [-0.15, -0.1) is 0 Å². The summed E-state index contributed by atoms with van der Waals surface area (Å²) < 4.78 is 0. The third-order valence-corrected chi connectivity index (χ3v) is 9.43. The molecule has 7 rings (SSSR count). The van der Waals surface area contributed by atoms with Crippen molar-refractivity contribution in [3.8, 4) is 0 Å². The molecule has 7 aliphatic carbocycles. The van der Waals surface area contributed by atoms with Crippen LogP contribution in [0, 0.1) is 35.5 Å². The maximum Gasteiger partial charge on any atom is -0.0412 e. The Morgan fingerprint density at radius 1 is 0.222 bits per heavy atom. The smallest absolute Gasteiger partial charge is 0.0412 e. The van der Waals surface area contributed by atoms with E-state index < -0.39 is 0 Å². The van der Waals surface area contributed by atoms with Gasteiger partial charge < -0.3 is 0 Å². The van der Waals surface area contributed by atoms with Gasteiger partial charge in [-0.05, 0) is 48.3 Å². The molecule has 0 nitrogen and oxygen atoms in total. The van der Waals surface area contributed by atoms with Crippen LogP contribution < -0.4 is 0 Å². The van der Waals surface area contributed by atoms with Crippen LogP contribution in [-0.4, -0.2) is 0 Å². The van der Waals surface area contributed by atoms with Crippen LogP contribution in [-0.2, 0) is 0 Å². The second kappa shape index (κ2) is 10.7. The Labute approximate surface area is 170 Å². The first kappa shape index (κ1) is 20.3. The molecule has 27 heavy (non-hydrogen) atoms. The van der Waals surface area contributed by atoms with Crippen LogP contribution in [0.4, 0.5) is 0 Å². The molecular formula is C27H48. The molecule has 0 aliphatic heterocycles. The summed E-state index contributed by atoms with van der Waals surface area (Å²) in [4.78, 5) is 0. The molecule has 0 aromatic heterocycles. The topological polar surface area (TPSA) is 0 Å². The van der Waals surface area contributed by atoms with Crippen molar-refractivity contribution in [1.29, 1.82) is 0 Å². The van der Waals surface area contributed by atoms with Crippen LogP contribution in [0.5, 0.6) is 0 Å². The standard InChI is InChI=1S/3C9H16/c1-3-8-5-2-6-9(4-1)7-8;1-2-8-4-6-9(3-1)7-5-8;1-2-4-9-6-5-8(3-1)7-9/h3*8-9H,1-7H2. The van der Waals surface area contributed by atoms with E-state index in [0.29, 0.717) is 0 Å². The van der Waals surface area contributed by atoms with E-state index in [4.69, 9.17) is 0 Å². The van der Waals surface area contributed by atoms with E-state index in [-0.39, 0.29) is 0 Å². The van der Waals surface area contributed by atoms with E-state index in [1.807, 2.05) is 0 Å². The fourth-order valence-electron chi connectivity index (χ4n) is 7.69. The van der Waals surface area contributed by atoms with Crippen LogP contribution in [0.3, 0.4) is 0 Å². The molecule has 7 fully saturated rings. The minimum absolute atomic E-state index is 1.14. The van der Waals surface area contributed by atoms with Crippen LogP contribution in [0.1, 0.15) is 135 Å². The second-order valence-electron chi connectivity index (χ2n) is 11.5. The summed E-state index contributed by atoms with van der Waals surface area (Å²) >= 11 is 0. The van der Waals surface area contributed by atoms with E-state index in [9.17, 15) is 0 Å². The van der Waals surface area contributed by atoms with Gasteiger partial charge in [0.15, 0.2) is 0 Å². The van der Waals surface area contributed by atoms with Gasteiger partial charge in [0, 0.05) is 0 Å². The molecular weight excluding hydrogens is 324 g/mol. The highest BCUT2D eigenvalue weighted by Crippen LogP contribution is 2.41. The van der Waals surface area contributed by atoms with Crippen molar-refractivity contribution in [2.45, 2.75) is 135 Å². The van der Waals surface area contributed by atoms with Gasteiger partial charge in [-0.3, -0.25) is 0 Å². The third kappa shape index (κ3) is 6.50. The van der Waals surface area contributed by atoms with Crippen molar-refractivity contribution in [1.82, 2.24) is 0 Å². The van der Waals surface area contributed by atoms with Gasteiger partial charge in [0.1, 0.15) is 0 Å². The molecule has 2 atom stereocenters. The van der Waals surface area contributed by atoms with Crippen LogP contribution in [0.2, 0.25) is 0 Å². The predicted molar refractivity (Wildman–Crippen MR) is 118 cm³/mol. The molecule has 0 amide bonds. The molecule has 156 valence electrons. The van der Waals surface area contributed by atoms with Crippen LogP contribution >= 0.6 is 0 Å². The van der Waals surface area contributed by atoms with Crippen molar-refractivity contribution in [2.75, 3.05) is 0 Å². The fraction of sp³-hybridized carbons (Fsp3) is 1.00. The van der Waals surface area contributed by atoms with E-state index in [1.54, 1.807) is 103 Å². The van der Waals surface area contributed by atoms with Gasteiger partial charge in [-0.25, -0.2) is 0 Å². The average molecular weight is 373 g/mol. The lowest BCUT2D eigenvalue weighted by atomic mass is 9.72. The van der Waals surface area contributed by atoms with E-state index in [0.717, 1.165) is 35.5 Å². The van der Waals surface area contributed by atoms with Crippen molar-refractivity contribution in [3.05, 3.63) is 0 Å². The lowest BCUT2D eigenvalue weighted by Crippen LogP contribution is -2.20. The van der Waals surface area contributed by atoms with E-state index in [1.165, 1.54) is 32.1 Å². The molecule has 7 aliphatic rings. The number of hydrogen-bond donors (Lipinski definition) is 0. The van der Waals surface area contributed by atoms with Crippen molar-refractivity contribution >= 4 is 0 Å². The quantitative estimate of drug-likeness (QED) is 0.398. The molecule has 0 saturated heterocycles. The second-order valence-corrected chi connectivity index (χ2v) is 11.5. The van der Waals surface area contributed by atoms with Crippen molar-refractivity contribution in [3.63, 3.8) is 0 Å². The molecule has 0 aromatic rings. The third-order valence-electron chi connectivity index (χ3n) is 9.43. The molecule has 0 N–H and O–H groups in total. The normalized spacial score (nSPS) is 42.7. The summed E-state index contributed by atoms with van der Waals surface area (Å²) in [6, 6.07) is 0. The molecule has 0 radical (unpaired) electrons. The zero-order valence-electron chi connectivity index (χ0n) is 18.3. The molecule has 0 heteroatoms. The van der Waals surface area contributed by atoms with Crippen LogP contribution in [0.25, 0.3) is 0 Å². The molecule has 7 saturated carbocycles. The Balaban J connectivity index is 0.0000001000. The average Bonchev–Trinajstić information content (AvgIpc) is 2.88. The Bertz CT molecular complexity index is 347. The summed E-state index contributed by atoms with van der Waals surface area (Å²) in [5.74, 6) is 6.89. The highest BCUT2D eigenvalue weighted by Gasteiger charge is 2.27. The molecule has 2 unspecified atom stereocenters. The summed E-state index contributed by atoms with van der Waals surface area (Å²) in [5, 5.41) is 0. The number of fused-ring (bicyclic) bond motifs is 8. The molecule has 0 aromatic carbocycles. The Hall–Kier alpha value is 0. The highest BCUT2D eigenvalue weighted by atomic mass is 14.3. The number of rotatable bonds is 0. The zero-order valence-corrected chi connectivity index (χ0v) is 18.3. The lowest BCUT2D eigenvalue weighted by Gasteiger charge is -2.33. The minimum atomic E-state index is 1.14. The Morgan fingerprint density at radius 3 is 0.889 bits per heavy atom. The highest BCUT2D eigenvalue weighted by molar-refractivity contribution is 4.79. The molecule has 6 bridgehead atoms. The van der Waals surface area contributed by atoms with E-state index >= 15 is 0 Å². The van der Waals surface area contributed by atoms with Gasteiger partial charge in [-0.2, -0.15) is 0 Å². The monoisotopic (exact) mass is 372 g/mol. The SMILES string of the molecule is C1CC2CCC(C1)CC2.C1CC2CCCC(C1)C2.C1CCC2CCC(C1)C2. The molecule has 0 spiro atoms. The maximum absolute atomic E-state index is 1.58. The molecule has 0 heterocycles. The predicted octanol–water partition coefficient (Wildman–Crippen LogP) is 8.93. The van der Waals surface area contributed by atoms with Gasteiger partial charge in [0.25, 0.3) is 0 Å². The Morgan fingerprint density at radius 2 is 0.481 bits per heavy atom. The lowest BCUT2D eigenvalue weighted by molar-refractivity contribution is 0.190. The zero-order chi connectivity index (χ0) is 18.3. The summed E-state index contributed by atoms with van der Waals surface area (Å²) in [6.07, 6.45) is 32.6. The van der Waals surface area contributed by atoms with Crippen molar-refractivity contribution < 1.29 is 0 Å². The largest absolute Gasteiger partial charge is 0.0530 e. The first-order valence-corrected chi connectivity index (χ1v) is 13.3. The number of hydrogen-bond acceptors (Lipinski definition) is 0. The van der Waals surface area contributed by atoms with Gasteiger partial charge in [-0.1, -0.05) is 122 Å². The first-order valence-electron chi connectivity index (χ1n) is 13.3. The van der Waals surface area contributed by atoms with Crippen molar-refractivity contribution in [2.24, 2.45) is 35.5 Å². The maximum atomic E-state index is 1.58. The summed E-state index contributed by atoms with van der Waals surface area (Å²) in [6.45, 7) is 0. The Kier molecular flexibility index (Phi) is 8.02. The van der Waals surface area contributed by atoms with Gasteiger partial charge in [0.2, 0.25) is 0 Å². The van der Waals surface area contributed by atoms with Crippen LogP contribution in [0.15, 0.2) is 0 Å². The minimum Gasteiger partial charge on any atom is -0.0530 e. The van der Waals surface area contributed by atoms with Gasteiger partial charge in [0.05, 0.1) is 0 Å². The summed E-state index contributed by atoms with van der Waals surface area (Å²) in [5.41, 5.74) is 0. The summed E-state index contributed by atoms with van der Waals surface area (Å²) in [7, 11) is 0. The van der Waals surface area contributed by atoms with Gasteiger partial charge >= 0.3 is 0 Å². The fourth-order valence-corrected chi connectivity index (χ4v) is 7.69. The first-order chi connectivity index (χ1) is 13.3. The van der Waals surface area contributed by atoms with E-state index in [2.05, 4.69) is 0 Å².